The smallest absolute Gasteiger partial charge is 0.254 e. The van der Waals surface area contributed by atoms with Crippen LogP contribution in [0.25, 0.3) is 11.0 Å². The number of hydrogen-bond donors (Lipinski definition) is 3. The van der Waals surface area contributed by atoms with Crippen LogP contribution in [0.3, 0.4) is 0 Å². The number of nitrogens with one attached hydrogen (secondary N) is 3. The molecule has 3 aromatic rings. The monoisotopic (exact) mass is 404 g/mol. The molecule has 0 fully saturated rings. The van der Waals surface area contributed by atoms with Gasteiger partial charge in [-0.2, -0.15) is 0 Å². The number of sulfonamides is 1. The SMILES string of the molecule is CNS(=O)(=O)c1ccc(F)c(C(=O)NC(c2nc3ccccc3[nH]2)C(C)C)c1. The van der Waals surface area contributed by atoms with Crippen molar-refractivity contribution in [2.45, 2.75) is 24.8 Å². The van der Waals surface area contributed by atoms with E-state index in [9.17, 15) is 17.6 Å². The maximum absolute atomic E-state index is 14.2. The molecule has 1 amide bonds. The van der Waals surface area contributed by atoms with Gasteiger partial charge in [0.2, 0.25) is 10.0 Å². The van der Waals surface area contributed by atoms with E-state index >= 15 is 0 Å². The van der Waals surface area contributed by atoms with Crippen molar-refractivity contribution in [3.05, 3.63) is 59.7 Å². The Balaban J connectivity index is 1.94. The van der Waals surface area contributed by atoms with Crippen molar-refractivity contribution in [2.75, 3.05) is 7.05 Å². The Morgan fingerprint density at radius 3 is 2.54 bits per heavy atom. The van der Waals surface area contributed by atoms with Gasteiger partial charge in [-0.05, 0) is 43.3 Å². The zero-order chi connectivity index (χ0) is 20.5. The Kier molecular flexibility index (Phi) is 5.48. The van der Waals surface area contributed by atoms with Crippen LogP contribution in [0.5, 0.6) is 0 Å². The topological polar surface area (TPSA) is 104 Å². The minimum absolute atomic E-state index is 0.0446. The quantitative estimate of drug-likeness (QED) is 0.588. The van der Waals surface area contributed by atoms with Crippen LogP contribution < -0.4 is 10.0 Å². The Bertz CT molecular complexity index is 1090. The summed E-state index contributed by atoms with van der Waals surface area (Å²) in [5, 5.41) is 2.76. The van der Waals surface area contributed by atoms with Crippen molar-refractivity contribution in [3.63, 3.8) is 0 Å². The van der Waals surface area contributed by atoms with Gasteiger partial charge in [-0.1, -0.05) is 26.0 Å². The lowest BCUT2D eigenvalue weighted by Crippen LogP contribution is -2.33. The number of nitrogens with zero attached hydrogens (tertiary/aromatic N) is 1. The Labute approximate surface area is 162 Å². The molecule has 28 heavy (non-hydrogen) atoms. The van der Waals surface area contributed by atoms with Crippen LogP contribution in [-0.2, 0) is 10.0 Å². The lowest BCUT2D eigenvalue weighted by molar-refractivity contribution is 0.0919. The Morgan fingerprint density at radius 1 is 1.18 bits per heavy atom. The fourth-order valence-electron chi connectivity index (χ4n) is 2.85. The lowest BCUT2D eigenvalue weighted by atomic mass is 10.0. The summed E-state index contributed by atoms with van der Waals surface area (Å²) in [7, 11) is -2.56. The molecule has 0 aliphatic rings. The minimum Gasteiger partial charge on any atom is -0.342 e. The van der Waals surface area contributed by atoms with Gasteiger partial charge in [-0.3, -0.25) is 4.79 Å². The van der Waals surface area contributed by atoms with Crippen LogP contribution in [0.15, 0.2) is 47.4 Å². The lowest BCUT2D eigenvalue weighted by Gasteiger charge is -2.20. The maximum atomic E-state index is 14.2. The summed E-state index contributed by atoms with van der Waals surface area (Å²) in [6, 6.07) is 10.0. The number of carbonyl (C=O) groups is 1. The van der Waals surface area contributed by atoms with Crippen LogP contribution in [0.2, 0.25) is 0 Å². The van der Waals surface area contributed by atoms with Crippen molar-refractivity contribution in [2.24, 2.45) is 5.92 Å². The number of rotatable bonds is 6. The summed E-state index contributed by atoms with van der Waals surface area (Å²) < 4.78 is 40.3. The molecule has 1 aromatic heterocycles. The second-order valence-electron chi connectivity index (χ2n) is 6.68. The van der Waals surface area contributed by atoms with Gasteiger partial charge in [0.15, 0.2) is 0 Å². The van der Waals surface area contributed by atoms with Crippen LogP contribution >= 0.6 is 0 Å². The molecule has 0 saturated carbocycles. The largest absolute Gasteiger partial charge is 0.342 e. The first-order valence-corrected chi connectivity index (χ1v) is 10.2. The molecule has 148 valence electrons. The predicted octanol–water partition coefficient (Wildman–Crippen LogP) is 2.74. The van der Waals surface area contributed by atoms with E-state index in [2.05, 4.69) is 20.0 Å². The highest BCUT2D eigenvalue weighted by molar-refractivity contribution is 7.89. The number of para-hydroxylation sites is 2. The van der Waals surface area contributed by atoms with Crippen molar-refractivity contribution in [1.29, 1.82) is 0 Å². The molecule has 0 bridgehead atoms. The van der Waals surface area contributed by atoms with Gasteiger partial charge in [0.1, 0.15) is 11.6 Å². The van der Waals surface area contributed by atoms with Crippen LogP contribution in [0.4, 0.5) is 4.39 Å². The molecule has 7 nitrogen and oxygen atoms in total. The minimum atomic E-state index is -3.80. The number of amides is 1. The normalized spacial score (nSPS) is 13.0. The second-order valence-corrected chi connectivity index (χ2v) is 8.57. The van der Waals surface area contributed by atoms with Gasteiger partial charge in [0.05, 0.1) is 27.5 Å². The standard InChI is InChI=1S/C19H21FN4O3S/c1-11(2)17(18-22-15-6-4-5-7-16(15)23-18)24-19(25)13-10-12(8-9-14(13)20)28(26,27)21-3/h4-11,17,21H,1-3H3,(H,22,23)(H,24,25). The number of hydrogen-bond acceptors (Lipinski definition) is 4. The fraction of sp³-hybridized carbons (Fsp3) is 0.263. The van der Waals surface area contributed by atoms with Crippen molar-refractivity contribution in [3.8, 4) is 0 Å². The number of aromatic amines is 1. The second kappa shape index (κ2) is 7.69. The third kappa shape index (κ3) is 3.90. The van der Waals surface area contributed by atoms with Gasteiger partial charge < -0.3 is 10.3 Å². The number of fused-ring (bicyclic) bond motifs is 1. The first-order chi connectivity index (χ1) is 13.2. The van der Waals surface area contributed by atoms with Gasteiger partial charge in [-0.25, -0.2) is 22.5 Å². The zero-order valence-corrected chi connectivity index (χ0v) is 16.5. The van der Waals surface area contributed by atoms with Crippen molar-refractivity contribution in [1.82, 2.24) is 20.0 Å². The average molecular weight is 404 g/mol. The number of aromatic nitrogens is 2. The van der Waals surface area contributed by atoms with Crippen LogP contribution in [-0.4, -0.2) is 31.3 Å². The summed E-state index contributed by atoms with van der Waals surface area (Å²) >= 11 is 0. The summed E-state index contributed by atoms with van der Waals surface area (Å²) in [6.45, 7) is 3.80. The van der Waals surface area contributed by atoms with E-state index in [1.54, 1.807) is 0 Å². The Hall–Kier alpha value is -2.78. The summed E-state index contributed by atoms with van der Waals surface area (Å²) in [5.74, 6) is -1.02. The third-order valence-electron chi connectivity index (χ3n) is 4.42. The van der Waals surface area contributed by atoms with Gasteiger partial charge in [0, 0.05) is 0 Å². The van der Waals surface area contributed by atoms with E-state index in [1.165, 1.54) is 7.05 Å². The molecule has 1 unspecified atom stereocenters. The molecular weight excluding hydrogens is 383 g/mol. The molecule has 0 spiro atoms. The maximum Gasteiger partial charge on any atom is 0.254 e. The number of benzene rings is 2. The number of imidazole rings is 1. The first kappa shape index (κ1) is 20.0. The summed E-state index contributed by atoms with van der Waals surface area (Å²) in [6.07, 6.45) is 0. The molecule has 0 aliphatic heterocycles. The van der Waals surface area contributed by atoms with Crippen molar-refractivity contribution < 1.29 is 17.6 Å². The molecular formula is C19H21FN4O3S. The number of carbonyl (C=O) groups excluding carboxylic acids is 1. The highest BCUT2D eigenvalue weighted by Crippen LogP contribution is 2.23. The van der Waals surface area contributed by atoms with E-state index in [0.717, 1.165) is 29.2 Å². The van der Waals surface area contributed by atoms with Crippen LogP contribution in [0.1, 0.15) is 36.1 Å². The molecule has 1 heterocycles. The summed E-state index contributed by atoms with van der Waals surface area (Å²) in [4.78, 5) is 20.2. The molecule has 0 saturated heterocycles. The van der Waals surface area contributed by atoms with Gasteiger partial charge >= 0.3 is 0 Å². The molecule has 2 aromatic carbocycles. The van der Waals surface area contributed by atoms with Gasteiger partial charge in [-0.15, -0.1) is 0 Å². The molecule has 3 N–H and O–H groups in total. The third-order valence-corrected chi connectivity index (χ3v) is 5.83. The Morgan fingerprint density at radius 2 is 1.89 bits per heavy atom. The highest BCUT2D eigenvalue weighted by atomic mass is 32.2. The van der Waals surface area contributed by atoms with E-state index in [4.69, 9.17) is 0 Å². The van der Waals surface area contributed by atoms with E-state index in [1.807, 2.05) is 38.1 Å². The summed E-state index contributed by atoms with van der Waals surface area (Å²) in [5.41, 5.74) is 1.23. The zero-order valence-electron chi connectivity index (χ0n) is 15.7. The van der Waals surface area contributed by atoms with Gasteiger partial charge in [0.25, 0.3) is 5.91 Å². The number of halogens is 1. The van der Waals surface area contributed by atoms with E-state index < -0.39 is 27.8 Å². The average Bonchev–Trinajstić information content (AvgIpc) is 3.09. The first-order valence-electron chi connectivity index (χ1n) is 8.71. The predicted molar refractivity (Wildman–Crippen MR) is 104 cm³/mol. The van der Waals surface area contributed by atoms with Crippen molar-refractivity contribution >= 4 is 27.0 Å². The molecule has 3 rings (SSSR count). The molecule has 9 heteroatoms. The molecule has 1 atom stereocenters. The van der Waals surface area contributed by atoms with Crippen LogP contribution in [0, 0.1) is 11.7 Å². The number of H-pyrrole nitrogens is 1. The molecule has 0 radical (unpaired) electrons. The fourth-order valence-corrected chi connectivity index (χ4v) is 3.61. The van der Waals surface area contributed by atoms with E-state index in [0.29, 0.717) is 5.82 Å². The highest BCUT2D eigenvalue weighted by Gasteiger charge is 2.25. The van der Waals surface area contributed by atoms with E-state index in [-0.39, 0.29) is 16.4 Å². The molecule has 0 aliphatic carbocycles.